The largest absolute Gasteiger partial charge is 0.438 e. The van der Waals surface area contributed by atoms with E-state index < -0.39 is 5.91 Å². The first-order valence-electron chi connectivity index (χ1n) is 9.79. The highest BCUT2D eigenvalue weighted by Crippen LogP contribution is 2.41. The number of anilines is 2. The molecular formula is C25H18N4O3. The number of pyridine rings is 1. The zero-order chi connectivity index (χ0) is 22.5. The number of benzene rings is 2. The van der Waals surface area contributed by atoms with Crippen LogP contribution in [0.1, 0.15) is 22.8 Å². The molecule has 0 radical (unpaired) electrons. The van der Waals surface area contributed by atoms with Crippen LogP contribution < -0.4 is 10.6 Å². The maximum atomic E-state index is 12.9. The van der Waals surface area contributed by atoms with Gasteiger partial charge in [-0.3, -0.25) is 14.9 Å². The van der Waals surface area contributed by atoms with Crippen molar-refractivity contribution in [3.8, 4) is 28.5 Å². The van der Waals surface area contributed by atoms with Gasteiger partial charge in [0.05, 0.1) is 0 Å². The van der Waals surface area contributed by atoms with Crippen LogP contribution in [-0.2, 0) is 4.79 Å². The van der Waals surface area contributed by atoms with Crippen molar-refractivity contribution in [2.24, 2.45) is 0 Å². The molecule has 2 aromatic carbocycles. The Morgan fingerprint density at radius 3 is 2.22 bits per heavy atom. The van der Waals surface area contributed by atoms with E-state index in [2.05, 4.69) is 21.7 Å². The minimum absolute atomic E-state index is 0.0492. The van der Waals surface area contributed by atoms with Crippen LogP contribution in [0.15, 0.2) is 83.4 Å². The van der Waals surface area contributed by atoms with E-state index in [0.29, 0.717) is 11.3 Å². The topological polar surface area (TPSA) is 108 Å². The van der Waals surface area contributed by atoms with E-state index in [1.54, 1.807) is 0 Å². The van der Waals surface area contributed by atoms with E-state index in [9.17, 15) is 14.9 Å². The van der Waals surface area contributed by atoms with Gasteiger partial charge in [-0.15, -0.1) is 0 Å². The van der Waals surface area contributed by atoms with Gasteiger partial charge in [0.25, 0.3) is 5.91 Å². The lowest BCUT2D eigenvalue weighted by molar-refractivity contribution is -0.114. The minimum Gasteiger partial charge on any atom is -0.438 e. The van der Waals surface area contributed by atoms with Crippen LogP contribution in [0.4, 0.5) is 11.7 Å². The molecule has 0 unspecified atom stereocenters. The second-order valence-electron chi connectivity index (χ2n) is 6.92. The molecule has 0 aliphatic rings. The molecular weight excluding hydrogens is 404 g/mol. The third-order valence-electron chi connectivity index (χ3n) is 4.67. The predicted octanol–water partition coefficient (Wildman–Crippen LogP) is 5.09. The van der Waals surface area contributed by atoms with E-state index in [1.807, 2.05) is 60.7 Å². The van der Waals surface area contributed by atoms with Gasteiger partial charge < -0.3 is 9.73 Å². The van der Waals surface area contributed by atoms with Gasteiger partial charge in [-0.05, 0) is 17.7 Å². The average Bonchev–Trinajstić information content (AvgIpc) is 3.18. The molecule has 0 saturated heterocycles. The molecule has 0 bridgehead atoms. The average molecular weight is 422 g/mol. The number of nitrogens with zero attached hydrogens (tertiary/aromatic N) is 2. The van der Waals surface area contributed by atoms with Crippen LogP contribution in [0, 0.1) is 11.3 Å². The molecule has 2 aromatic heterocycles. The Bertz CT molecular complexity index is 1320. The van der Waals surface area contributed by atoms with Crippen LogP contribution in [0.25, 0.3) is 22.5 Å². The fraction of sp³-hybridized carbons (Fsp3) is 0.0400. The van der Waals surface area contributed by atoms with Crippen molar-refractivity contribution in [1.29, 1.82) is 5.26 Å². The van der Waals surface area contributed by atoms with Crippen molar-refractivity contribution >= 4 is 23.5 Å². The SMILES string of the molecule is CC(=O)Nc1cc(C(=O)Nc2oc(-c3ccccc3)c(-c3ccccc3)c2C#N)ccn1. The normalized spacial score (nSPS) is 10.2. The smallest absolute Gasteiger partial charge is 0.258 e. The molecule has 0 aliphatic carbocycles. The second kappa shape index (κ2) is 8.98. The Morgan fingerprint density at radius 1 is 0.938 bits per heavy atom. The van der Waals surface area contributed by atoms with Gasteiger partial charge in [0.1, 0.15) is 23.2 Å². The molecule has 4 aromatic rings. The van der Waals surface area contributed by atoms with Gasteiger partial charge in [-0.1, -0.05) is 60.7 Å². The fourth-order valence-electron chi connectivity index (χ4n) is 3.29. The molecule has 7 heteroatoms. The highest BCUT2D eigenvalue weighted by Gasteiger charge is 2.24. The standard InChI is InChI=1S/C25H18N4O3/c1-16(30)28-21-14-19(12-13-27-21)24(31)29-25-20(15-26)22(17-8-4-2-5-9-17)23(32-25)18-10-6-3-7-11-18/h2-14H,1H3,(H,29,31)(H,27,28,30). The van der Waals surface area contributed by atoms with Gasteiger partial charge in [0, 0.05) is 29.8 Å². The summed E-state index contributed by atoms with van der Waals surface area (Å²) < 4.78 is 6.02. The number of nitriles is 1. The molecule has 0 aliphatic heterocycles. The summed E-state index contributed by atoms with van der Waals surface area (Å²) in [5, 5.41) is 15.2. The maximum Gasteiger partial charge on any atom is 0.258 e. The van der Waals surface area contributed by atoms with Crippen molar-refractivity contribution in [1.82, 2.24) is 4.98 Å². The summed E-state index contributed by atoms with van der Waals surface area (Å²) in [6.07, 6.45) is 1.42. The van der Waals surface area contributed by atoms with E-state index in [0.717, 1.165) is 11.1 Å². The highest BCUT2D eigenvalue weighted by atomic mass is 16.4. The first-order valence-corrected chi connectivity index (χ1v) is 9.79. The van der Waals surface area contributed by atoms with Gasteiger partial charge in [-0.25, -0.2) is 4.98 Å². The number of furan rings is 1. The minimum atomic E-state index is -0.497. The van der Waals surface area contributed by atoms with Crippen LogP contribution >= 0.6 is 0 Å². The predicted molar refractivity (Wildman–Crippen MR) is 121 cm³/mol. The Hall–Kier alpha value is -4.70. The van der Waals surface area contributed by atoms with Gasteiger partial charge in [-0.2, -0.15) is 5.26 Å². The van der Waals surface area contributed by atoms with Crippen molar-refractivity contribution < 1.29 is 14.0 Å². The number of nitrogens with one attached hydrogen (secondary N) is 2. The Morgan fingerprint density at radius 2 is 1.59 bits per heavy atom. The molecule has 0 saturated carbocycles. The summed E-state index contributed by atoms with van der Waals surface area (Å²) >= 11 is 0. The lowest BCUT2D eigenvalue weighted by atomic mass is 9.98. The van der Waals surface area contributed by atoms with E-state index in [-0.39, 0.29) is 28.7 Å². The number of rotatable bonds is 5. The number of carbonyl (C=O) groups is 2. The van der Waals surface area contributed by atoms with E-state index in [4.69, 9.17) is 4.42 Å². The Kier molecular flexibility index (Phi) is 5.77. The summed E-state index contributed by atoms with van der Waals surface area (Å²) in [7, 11) is 0. The zero-order valence-electron chi connectivity index (χ0n) is 17.1. The van der Waals surface area contributed by atoms with Gasteiger partial charge >= 0.3 is 0 Å². The second-order valence-corrected chi connectivity index (χ2v) is 6.92. The molecule has 4 rings (SSSR count). The highest BCUT2D eigenvalue weighted by molar-refractivity contribution is 6.06. The number of hydrogen-bond acceptors (Lipinski definition) is 5. The van der Waals surface area contributed by atoms with E-state index >= 15 is 0 Å². The lowest BCUT2D eigenvalue weighted by Crippen LogP contribution is -2.14. The zero-order valence-corrected chi connectivity index (χ0v) is 17.1. The summed E-state index contributed by atoms with van der Waals surface area (Å²) in [5.74, 6) is -0.0122. The summed E-state index contributed by atoms with van der Waals surface area (Å²) in [4.78, 5) is 28.2. The molecule has 0 atom stereocenters. The Labute approximate surface area is 184 Å². The van der Waals surface area contributed by atoms with Gasteiger partial charge in [0.15, 0.2) is 0 Å². The third kappa shape index (κ3) is 4.25. The summed E-state index contributed by atoms with van der Waals surface area (Å²) in [6.45, 7) is 1.35. The quantitative estimate of drug-likeness (QED) is 0.466. The molecule has 156 valence electrons. The number of amides is 2. The van der Waals surface area contributed by atoms with Crippen molar-refractivity contribution in [2.75, 3.05) is 10.6 Å². The molecule has 0 fully saturated rings. The fourth-order valence-corrected chi connectivity index (χ4v) is 3.29. The first kappa shape index (κ1) is 20.6. The third-order valence-corrected chi connectivity index (χ3v) is 4.67. The van der Waals surface area contributed by atoms with Crippen LogP contribution in [0.2, 0.25) is 0 Å². The lowest BCUT2D eigenvalue weighted by Gasteiger charge is -2.05. The van der Waals surface area contributed by atoms with Crippen LogP contribution in [-0.4, -0.2) is 16.8 Å². The summed E-state index contributed by atoms with van der Waals surface area (Å²) in [6, 6.07) is 23.9. The maximum absolute atomic E-state index is 12.9. The molecule has 7 nitrogen and oxygen atoms in total. The van der Waals surface area contributed by atoms with Crippen molar-refractivity contribution in [3.63, 3.8) is 0 Å². The molecule has 0 spiro atoms. The molecule has 2 heterocycles. The number of carbonyl (C=O) groups excluding carboxylic acids is 2. The molecule has 32 heavy (non-hydrogen) atoms. The van der Waals surface area contributed by atoms with Crippen LogP contribution in [0.3, 0.4) is 0 Å². The first-order chi connectivity index (χ1) is 15.6. The summed E-state index contributed by atoms with van der Waals surface area (Å²) in [5.41, 5.74) is 2.65. The number of aromatic nitrogens is 1. The number of hydrogen-bond donors (Lipinski definition) is 2. The molecule has 2 N–H and O–H groups in total. The monoisotopic (exact) mass is 422 g/mol. The van der Waals surface area contributed by atoms with E-state index in [1.165, 1.54) is 25.3 Å². The Balaban J connectivity index is 1.77. The van der Waals surface area contributed by atoms with Gasteiger partial charge in [0.2, 0.25) is 11.8 Å². The van der Waals surface area contributed by atoms with Crippen LogP contribution in [0.5, 0.6) is 0 Å². The van der Waals surface area contributed by atoms with Crippen molar-refractivity contribution in [2.45, 2.75) is 6.92 Å². The van der Waals surface area contributed by atoms with Crippen molar-refractivity contribution in [3.05, 3.63) is 90.1 Å². The molecule has 2 amide bonds.